The number of amides is 1. The summed E-state index contributed by atoms with van der Waals surface area (Å²) in [6, 6.07) is 3.96. The van der Waals surface area contributed by atoms with Crippen LogP contribution in [0.3, 0.4) is 0 Å². The molecule has 1 aliphatic carbocycles. The third kappa shape index (κ3) is 4.53. The van der Waals surface area contributed by atoms with Crippen LogP contribution in [-0.2, 0) is 25.5 Å². The van der Waals surface area contributed by atoms with Gasteiger partial charge in [-0.25, -0.2) is 4.98 Å². The number of ether oxygens (including phenoxy) is 3. The highest BCUT2D eigenvalue weighted by atomic mass is 16.5. The van der Waals surface area contributed by atoms with E-state index in [-0.39, 0.29) is 29.6 Å². The van der Waals surface area contributed by atoms with E-state index in [1.54, 1.807) is 6.20 Å². The molecule has 0 aromatic carbocycles. The topological polar surface area (TPSA) is 72.9 Å². The van der Waals surface area contributed by atoms with Crippen molar-refractivity contribution in [2.45, 2.75) is 84.3 Å². The Balaban J connectivity index is 1.45. The number of carbonyl (C=O) groups excluding carboxylic acids is 1. The molecule has 0 bridgehead atoms. The van der Waals surface area contributed by atoms with Crippen LogP contribution in [0.15, 0.2) is 41.9 Å². The molecule has 1 unspecified atom stereocenters. The predicted molar refractivity (Wildman–Crippen MR) is 130 cm³/mol. The smallest absolute Gasteiger partial charge is 0.256 e. The normalized spacial score (nSPS) is 33.4. The van der Waals surface area contributed by atoms with E-state index in [9.17, 15) is 4.79 Å². The molecule has 184 valence electrons. The van der Waals surface area contributed by atoms with E-state index in [0.29, 0.717) is 25.5 Å². The highest BCUT2D eigenvalue weighted by Gasteiger charge is 2.43. The van der Waals surface area contributed by atoms with E-state index >= 15 is 0 Å². The van der Waals surface area contributed by atoms with Crippen molar-refractivity contribution in [3.05, 3.63) is 47.4 Å². The third-order valence-corrected chi connectivity index (χ3v) is 7.72. The van der Waals surface area contributed by atoms with E-state index in [1.165, 1.54) is 0 Å². The number of nitrogens with zero attached hydrogens (tertiary/aromatic N) is 2. The Hall–Kier alpha value is -2.22. The first-order valence-electron chi connectivity index (χ1n) is 12.7. The van der Waals surface area contributed by atoms with Crippen LogP contribution in [0.4, 0.5) is 5.82 Å². The maximum Gasteiger partial charge on any atom is 0.256 e. The van der Waals surface area contributed by atoms with E-state index in [0.717, 1.165) is 48.6 Å². The quantitative estimate of drug-likeness (QED) is 0.707. The van der Waals surface area contributed by atoms with E-state index in [4.69, 9.17) is 14.2 Å². The second-order valence-corrected chi connectivity index (χ2v) is 10.6. The average molecular weight is 468 g/mol. The number of hydrogen-bond donors (Lipinski definition) is 1. The summed E-state index contributed by atoms with van der Waals surface area (Å²) in [6.45, 7) is 10.2. The fourth-order valence-corrected chi connectivity index (χ4v) is 5.92. The fraction of sp³-hybridized carbons (Fsp3) is 0.630. The van der Waals surface area contributed by atoms with Crippen molar-refractivity contribution in [3.63, 3.8) is 0 Å². The Bertz CT molecular complexity index is 982. The van der Waals surface area contributed by atoms with E-state index < -0.39 is 6.10 Å². The lowest BCUT2D eigenvalue weighted by Crippen LogP contribution is -2.45. The molecule has 2 fully saturated rings. The van der Waals surface area contributed by atoms with Gasteiger partial charge in [0.15, 0.2) is 0 Å². The van der Waals surface area contributed by atoms with Gasteiger partial charge in [-0.15, -0.1) is 0 Å². The summed E-state index contributed by atoms with van der Waals surface area (Å²) >= 11 is 0. The maximum absolute atomic E-state index is 13.9. The lowest BCUT2D eigenvalue weighted by atomic mass is 9.69. The Morgan fingerprint density at radius 3 is 2.85 bits per heavy atom. The first kappa shape index (κ1) is 23.5. The third-order valence-electron chi connectivity index (χ3n) is 7.72. The molecule has 1 N–H and O–H groups in total. The molecule has 0 saturated carbocycles. The number of hydrogen-bond acceptors (Lipinski definition) is 6. The molecule has 7 heteroatoms. The molecule has 4 heterocycles. The number of pyridine rings is 1. The maximum atomic E-state index is 13.9. The molecule has 3 aliphatic heterocycles. The lowest BCUT2D eigenvalue weighted by molar-refractivity contribution is -0.154. The van der Waals surface area contributed by atoms with Crippen LogP contribution in [0.2, 0.25) is 0 Å². The summed E-state index contributed by atoms with van der Waals surface area (Å²) in [5.41, 5.74) is 2.80. The number of aromatic nitrogens is 1. The minimum absolute atomic E-state index is 0.0126. The first-order chi connectivity index (χ1) is 16.3. The summed E-state index contributed by atoms with van der Waals surface area (Å²) in [5, 5.41) is 3.51. The van der Waals surface area contributed by atoms with Crippen molar-refractivity contribution in [2.75, 3.05) is 18.5 Å². The zero-order chi connectivity index (χ0) is 23.9. The van der Waals surface area contributed by atoms with Gasteiger partial charge in [0, 0.05) is 18.4 Å². The molecule has 1 amide bonds. The Morgan fingerprint density at radius 2 is 2.15 bits per heavy atom. The Kier molecular flexibility index (Phi) is 6.53. The van der Waals surface area contributed by atoms with Gasteiger partial charge in [0.25, 0.3) is 5.91 Å². The van der Waals surface area contributed by atoms with Crippen LogP contribution in [0, 0.1) is 11.3 Å². The molecular formula is C27H37N3O4. The molecule has 0 spiro atoms. The van der Waals surface area contributed by atoms with Gasteiger partial charge in [-0.1, -0.05) is 25.1 Å². The summed E-state index contributed by atoms with van der Waals surface area (Å²) in [5.74, 6) is 1.24. The first-order valence-corrected chi connectivity index (χ1v) is 12.7. The summed E-state index contributed by atoms with van der Waals surface area (Å²) in [7, 11) is 0. The molecule has 0 radical (unpaired) electrons. The summed E-state index contributed by atoms with van der Waals surface area (Å²) < 4.78 is 17.9. The monoisotopic (exact) mass is 467 g/mol. The van der Waals surface area contributed by atoms with Crippen LogP contribution < -0.4 is 5.32 Å². The van der Waals surface area contributed by atoms with Crippen molar-refractivity contribution < 1.29 is 19.0 Å². The van der Waals surface area contributed by atoms with Crippen molar-refractivity contribution in [1.82, 2.24) is 9.88 Å². The average Bonchev–Trinajstić information content (AvgIpc) is 3.19. The van der Waals surface area contributed by atoms with Crippen LogP contribution in [0.25, 0.3) is 0 Å². The van der Waals surface area contributed by atoms with Gasteiger partial charge >= 0.3 is 0 Å². The van der Waals surface area contributed by atoms with Crippen molar-refractivity contribution in [3.8, 4) is 0 Å². The number of anilines is 1. The molecule has 7 nitrogen and oxygen atoms in total. The highest BCUT2D eigenvalue weighted by Crippen LogP contribution is 2.47. The molecule has 1 aromatic rings. The predicted octanol–water partition coefficient (Wildman–Crippen LogP) is 4.41. The summed E-state index contributed by atoms with van der Waals surface area (Å²) in [6.07, 6.45) is 9.71. The Morgan fingerprint density at radius 1 is 1.29 bits per heavy atom. The Labute approximate surface area is 202 Å². The summed E-state index contributed by atoms with van der Waals surface area (Å²) in [4.78, 5) is 20.4. The number of fused-ring (bicyclic) bond motifs is 2. The van der Waals surface area contributed by atoms with Gasteiger partial charge in [-0.3, -0.25) is 4.79 Å². The molecule has 5 rings (SSSR count). The molecule has 34 heavy (non-hydrogen) atoms. The molecular weight excluding hydrogens is 430 g/mol. The van der Waals surface area contributed by atoms with E-state index in [1.807, 2.05) is 30.9 Å². The largest absolute Gasteiger partial charge is 0.378 e. The number of carbonyl (C=O) groups is 1. The SMILES string of the molecule is CC(C)O[C@H]1CC[C@H](C(=O)N2Cc3cccnc3NC3=CCC(C)([C@@H]4CCO[C@H]4C)C=C32)OC1. The van der Waals surface area contributed by atoms with E-state index in [2.05, 4.69) is 36.3 Å². The van der Waals surface area contributed by atoms with Crippen LogP contribution in [0.1, 0.15) is 58.9 Å². The molecule has 4 aliphatic rings. The molecule has 1 aromatic heterocycles. The van der Waals surface area contributed by atoms with Crippen molar-refractivity contribution >= 4 is 11.7 Å². The second kappa shape index (κ2) is 9.44. The molecule has 2 saturated heterocycles. The number of rotatable bonds is 4. The van der Waals surface area contributed by atoms with Crippen molar-refractivity contribution in [2.24, 2.45) is 11.3 Å². The highest BCUT2D eigenvalue weighted by molar-refractivity contribution is 5.84. The second-order valence-electron chi connectivity index (χ2n) is 10.6. The number of allylic oxidation sites excluding steroid dienone is 2. The zero-order valence-corrected chi connectivity index (χ0v) is 20.8. The van der Waals surface area contributed by atoms with Crippen LogP contribution >= 0.6 is 0 Å². The standard InChI is InChI=1S/C27H37N3O4/c1-17(2)34-20-7-8-24(33-16-20)26(31)30-15-19-6-5-12-28-25(19)29-22-9-11-27(4,14-23(22)30)21-10-13-32-18(21)3/h5-6,9,12,14,17-18,20-21,24H,7-8,10-11,13,15-16H2,1-4H3,(H,28,29)/t18-,20-,21+,24+,27?/m0/s1. The lowest BCUT2D eigenvalue weighted by Gasteiger charge is -2.40. The number of nitrogens with one attached hydrogen (secondary N) is 1. The zero-order valence-electron chi connectivity index (χ0n) is 20.8. The van der Waals surface area contributed by atoms with Crippen LogP contribution in [-0.4, -0.2) is 53.4 Å². The fourth-order valence-electron chi connectivity index (χ4n) is 5.92. The van der Waals surface area contributed by atoms with Gasteiger partial charge in [-0.05, 0) is 63.9 Å². The molecule has 5 atom stereocenters. The minimum atomic E-state index is -0.464. The van der Waals surface area contributed by atoms with Gasteiger partial charge in [0.05, 0.1) is 42.9 Å². The van der Waals surface area contributed by atoms with Crippen LogP contribution in [0.5, 0.6) is 0 Å². The van der Waals surface area contributed by atoms with Gasteiger partial charge in [0.1, 0.15) is 11.9 Å². The van der Waals surface area contributed by atoms with Gasteiger partial charge < -0.3 is 24.4 Å². The van der Waals surface area contributed by atoms with Gasteiger partial charge in [0.2, 0.25) is 0 Å². The van der Waals surface area contributed by atoms with Gasteiger partial charge in [-0.2, -0.15) is 0 Å². The minimum Gasteiger partial charge on any atom is -0.378 e. The van der Waals surface area contributed by atoms with Crippen molar-refractivity contribution in [1.29, 1.82) is 0 Å².